The molecule has 4 heteroatoms. The van der Waals surface area contributed by atoms with Crippen LogP contribution in [0, 0.1) is 0 Å². The van der Waals surface area contributed by atoms with E-state index in [0.29, 0.717) is 0 Å². The van der Waals surface area contributed by atoms with Crippen molar-refractivity contribution < 1.29 is 4.79 Å². The lowest BCUT2D eigenvalue weighted by Crippen LogP contribution is -2.57. The minimum atomic E-state index is -0.0284. The van der Waals surface area contributed by atoms with Crippen molar-refractivity contribution in [2.75, 3.05) is 33.2 Å². The molecule has 1 fully saturated rings. The van der Waals surface area contributed by atoms with Crippen LogP contribution in [0.4, 0.5) is 0 Å². The first-order chi connectivity index (χ1) is 7.15. The fourth-order valence-electron chi connectivity index (χ4n) is 1.69. The van der Waals surface area contributed by atoms with Gasteiger partial charge in [0.1, 0.15) is 6.04 Å². The molecular weight excluding hydrogens is 190 g/mol. The van der Waals surface area contributed by atoms with Gasteiger partial charge in [-0.3, -0.25) is 9.69 Å². The molecule has 2 N–H and O–H groups in total. The molecule has 15 heavy (non-hydrogen) atoms. The van der Waals surface area contributed by atoms with Crippen LogP contribution < -0.4 is 10.6 Å². The molecule has 0 bridgehead atoms. The highest BCUT2D eigenvalue weighted by atomic mass is 16.2. The number of hydrogen-bond acceptors (Lipinski definition) is 3. The molecule has 0 aromatic rings. The molecule has 0 saturated carbocycles. The van der Waals surface area contributed by atoms with Gasteiger partial charge in [0.2, 0.25) is 5.91 Å². The molecule has 1 atom stereocenters. The highest BCUT2D eigenvalue weighted by Crippen LogP contribution is 2.04. The molecule has 1 saturated heterocycles. The zero-order valence-electron chi connectivity index (χ0n) is 9.84. The number of hydrogen-bond donors (Lipinski definition) is 2. The summed E-state index contributed by atoms with van der Waals surface area (Å²) >= 11 is 0. The molecule has 0 aromatic heterocycles. The van der Waals surface area contributed by atoms with Crippen LogP contribution in [-0.2, 0) is 4.79 Å². The van der Waals surface area contributed by atoms with Crippen LogP contribution >= 0.6 is 0 Å². The van der Waals surface area contributed by atoms with Crippen molar-refractivity contribution in [3.63, 3.8) is 0 Å². The van der Waals surface area contributed by atoms with Crippen molar-refractivity contribution in [1.82, 2.24) is 15.5 Å². The predicted molar refractivity (Wildman–Crippen MR) is 61.7 cm³/mol. The summed E-state index contributed by atoms with van der Waals surface area (Å²) in [7, 11) is 1.69. The van der Waals surface area contributed by atoms with E-state index in [1.807, 2.05) is 0 Å². The molecule has 0 spiro atoms. The summed E-state index contributed by atoms with van der Waals surface area (Å²) in [4.78, 5) is 13.8. The predicted octanol–water partition coefficient (Wildman–Crippen LogP) is -0.0276. The van der Waals surface area contributed by atoms with Gasteiger partial charge >= 0.3 is 0 Å². The Morgan fingerprint density at radius 2 is 2.33 bits per heavy atom. The number of carbonyl (C=O) groups excluding carboxylic acids is 1. The summed E-state index contributed by atoms with van der Waals surface area (Å²) in [5.41, 5.74) is 1.30. The van der Waals surface area contributed by atoms with Gasteiger partial charge < -0.3 is 10.6 Å². The highest BCUT2D eigenvalue weighted by Gasteiger charge is 2.26. The molecule has 0 aliphatic carbocycles. The molecule has 1 amide bonds. The van der Waals surface area contributed by atoms with E-state index in [-0.39, 0.29) is 11.9 Å². The fourth-order valence-corrected chi connectivity index (χ4v) is 1.69. The number of likely N-dealkylation sites (N-methyl/N-ethyl adjacent to an activating group) is 1. The average Bonchev–Trinajstić information content (AvgIpc) is 2.25. The Morgan fingerprint density at radius 1 is 1.60 bits per heavy atom. The van der Waals surface area contributed by atoms with Gasteiger partial charge in [-0.15, -0.1) is 0 Å². The van der Waals surface area contributed by atoms with Gasteiger partial charge in [0.15, 0.2) is 0 Å². The molecular formula is C11H21N3O. The van der Waals surface area contributed by atoms with E-state index in [2.05, 4.69) is 35.5 Å². The smallest absolute Gasteiger partial charge is 0.238 e. The standard InChI is InChI=1S/C11H21N3O/c1-9(2)4-6-14-7-5-13-8-10(14)11(15)12-3/h4,10,13H,5-8H2,1-3H3,(H,12,15). The van der Waals surface area contributed by atoms with Crippen LogP contribution in [0.15, 0.2) is 11.6 Å². The van der Waals surface area contributed by atoms with Crippen molar-refractivity contribution in [2.45, 2.75) is 19.9 Å². The molecule has 0 aromatic carbocycles. The molecule has 1 unspecified atom stereocenters. The number of nitrogens with zero attached hydrogens (tertiary/aromatic N) is 1. The largest absolute Gasteiger partial charge is 0.358 e. The number of rotatable bonds is 3. The molecule has 1 heterocycles. The second-order valence-corrected chi connectivity index (χ2v) is 4.11. The van der Waals surface area contributed by atoms with E-state index in [1.165, 1.54) is 5.57 Å². The first kappa shape index (κ1) is 12.2. The summed E-state index contributed by atoms with van der Waals surface area (Å²) in [6.07, 6.45) is 2.17. The quantitative estimate of drug-likeness (QED) is 0.645. The Labute approximate surface area is 91.7 Å². The Morgan fingerprint density at radius 3 is 2.93 bits per heavy atom. The van der Waals surface area contributed by atoms with Crippen LogP contribution in [-0.4, -0.2) is 50.1 Å². The number of piperazine rings is 1. The summed E-state index contributed by atoms with van der Waals surface area (Å²) in [5.74, 6) is 0.101. The lowest BCUT2D eigenvalue weighted by Gasteiger charge is -2.34. The zero-order chi connectivity index (χ0) is 11.3. The molecule has 1 aliphatic heterocycles. The minimum absolute atomic E-state index is 0.0284. The van der Waals surface area contributed by atoms with Gasteiger partial charge in [-0.2, -0.15) is 0 Å². The van der Waals surface area contributed by atoms with Crippen LogP contribution in [0.1, 0.15) is 13.8 Å². The lowest BCUT2D eigenvalue weighted by atomic mass is 10.1. The van der Waals surface area contributed by atoms with E-state index in [1.54, 1.807) is 7.05 Å². The Hall–Kier alpha value is -0.870. The first-order valence-corrected chi connectivity index (χ1v) is 5.45. The molecule has 0 radical (unpaired) electrons. The van der Waals surface area contributed by atoms with Crippen molar-refractivity contribution in [1.29, 1.82) is 0 Å². The van der Waals surface area contributed by atoms with E-state index >= 15 is 0 Å². The lowest BCUT2D eigenvalue weighted by molar-refractivity contribution is -0.126. The Kier molecular flexibility index (Phi) is 4.78. The monoisotopic (exact) mass is 211 g/mol. The third kappa shape index (κ3) is 3.64. The maximum Gasteiger partial charge on any atom is 0.238 e. The van der Waals surface area contributed by atoms with Gasteiger partial charge in [-0.05, 0) is 13.8 Å². The summed E-state index contributed by atoms with van der Waals surface area (Å²) in [6, 6.07) is -0.0284. The summed E-state index contributed by atoms with van der Waals surface area (Å²) in [5, 5.41) is 5.96. The van der Waals surface area contributed by atoms with Gasteiger partial charge in [0, 0.05) is 33.2 Å². The topological polar surface area (TPSA) is 44.4 Å². The maximum atomic E-state index is 11.6. The molecule has 1 rings (SSSR count). The van der Waals surface area contributed by atoms with Crippen LogP contribution in [0.5, 0.6) is 0 Å². The highest BCUT2D eigenvalue weighted by molar-refractivity contribution is 5.81. The van der Waals surface area contributed by atoms with Crippen molar-refractivity contribution in [2.24, 2.45) is 0 Å². The van der Waals surface area contributed by atoms with E-state index in [0.717, 1.165) is 26.2 Å². The van der Waals surface area contributed by atoms with Gasteiger partial charge in [-0.25, -0.2) is 0 Å². The zero-order valence-corrected chi connectivity index (χ0v) is 9.84. The normalized spacial score (nSPS) is 22.2. The van der Waals surface area contributed by atoms with Gasteiger partial charge in [-0.1, -0.05) is 11.6 Å². The molecule has 4 nitrogen and oxygen atoms in total. The third-order valence-electron chi connectivity index (χ3n) is 2.64. The van der Waals surface area contributed by atoms with Gasteiger partial charge in [0.05, 0.1) is 0 Å². The van der Waals surface area contributed by atoms with Crippen molar-refractivity contribution in [3.05, 3.63) is 11.6 Å². The summed E-state index contributed by atoms with van der Waals surface area (Å²) in [6.45, 7) is 7.67. The van der Waals surface area contributed by atoms with Crippen LogP contribution in [0.25, 0.3) is 0 Å². The number of allylic oxidation sites excluding steroid dienone is 1. The molecule has 86 valence electrons. The van der Waals surface area contributed by atoms with Crippen LogP contribution in [0.2, 0.25) is 0 Å². The summed E-state index contributed by atoms with van der Waals surface area (Å²) < 4.78 is 0. The third-order valence-corrected chi connectivity index (χ3v) is 2.64. The van der Waals surface area contributed by atoms with Crippen LogP contribution in [0.3, 0.4) is 0 Å². The van der Waals surface area contributed by atoms with E-state index < -0.39 is 0 Å². The number of nitrogens with one attached hydrogen (secondary N) is 2. The second kappa shape index (κ2) is 5.88. The van der Waals surface area contributed by atoms with Crippen molar-refractivity contribution >= 4 is 5.91 Å². The molecule has 1 aliphatic rings. The maximum absolute atomic E-state index is 11.6. The minimum Gasteiger partial charge on any atom is -0.358 e. The van der Waals surface area contributed by atoms with E-state index in [4.69, 9.17) is 0 Å². The Balaban J connectivity index is 2.57. The Bertz CT molecular complexity index is 246. The second-order valence-electron chi connectivity index (χ2n) is 4.11. The van der Waals surface area contributed by atoms with E-state index in [9.17, 15) is 4.79 Å². The fraction of sp³-hybridized carbons (Fsp3) is 0.727. The first-order valence-electron chi connectivity index (χ1n) is 5.45. The number of carbonyl (C=O) groups is 1. The average molecular weight is 211 g/mol. The van der Waals surface area contributed by atoms with Crippen molar-refractivity contribution in [3.8, 4) is 0 Å². The SMILES string of the molecule is CNC(=O)C1CNCCN1CC=C(C)C. The number of amides is 1. The van der Waals surface area contributed by atoms with Gasteiger partial charge in [0.25, 0.3) is 0 Å².